The highest BCUT2D eigenvalue weighted by atomic mass is 32.2. The van der Waals surface area contributed by atoms with Crippen molar-refractivity contribution in [2.45, 2.75) is 38.5 Å². The average Bonchev–Trinajstić information content (AvgIpc) is 2.95. The van der Waals surface area contributed by atoms with Gasteiger partial charge in [0.05, 0.1) is 13.2 Å². The molecule has 0 N–H and O–H groups in total. The molecule has 0 aliphatic heterocycles. The number of hydrogen-bond donors (Lipinski definition) is 2. The van der Waals surface area contributed by atoms with Gasteiger partial charge in [-0.1, -0.05) is 38.1 Å². The summed E-state index contributed by atoms with van der Waals surface area (Å²) in [6, 6.07) is 17.4. The second kappa shape index (κ2) is 21.8. The second-order valence-corrected chi connectivity index (χ2v) is 14.8. The number of thiol groups is 2. The fraction of sp³-hybridized carbons (Fsp3) is 0.600. The third-order valence-electron chi connectivity index (χ3n) is 6.31. The summed E-state index contributed by atoms with van der Waals surface area (Å²) in [7, 11) is 0. The van der Waals surface area contributed by atoms with Crippen molar-refractivity contribution in [1.82, 2.24) is 0 Å². The van der Waals surface area contributed by atoms with E-state index in [4.69, 9.17) is 9.47 Å². The van der Waals surface area contributed by atoms with Crippen LogP contribution in [0.5, 0.6) is 11.5 Å². The van der Waals surface area contributed by atoms with Crippen molar-refractivity contribution in [2.75, 3.05) is 70.7 Å². The van der Waals surface area contributed by atoms with Crippen LogP contribution in [0, 0.1) is 0 Å². The van der Waals surface area contributed by atoms with Crippen molar-refractivity contribution in [2.24, 2.45) is 0 Å². The van der Waals surface area contributed by atoms with Crippen LogP contribution in [-0.2, 0) is 5.41 Å². The van der Waals surface area contributed by atoms with Gasteiger partial charge in [0.15, 0.2) is 0 Å². The summed E-state index contributed by atoms with van der Waals surface area (Å²) < 4.78 is 12.0. The summed E-state index contributed by atoms with van der Waals surface area (Å²) in [5.41, 5.74) is 2.60. The largest absolute Gasteiger partial charge is 0.494 e. The molecule has 0 aliphatic rings. The maximum absolute atomic E-state index is 6.01. The number of thioether (sulfide) groups is 4. The Bertz CT molecular complexity index is 766. The molecule has 0 unspecified atom stereocenters. The van der Waals surface area contributed by atoms with Crippen LogP contribution >= 0.6 is 72.3 Å². The highest BCUT2D eigenvalue weighted by Crippen LogP contribution is 2.36. The van der Waals surface area contributed by atoms with E-state index in [0.29, 0.717) is 0 Å². The van der Waals surface area contributed by atoms with Crippen LogP contribution in [0.1, 0.15) is 44.2 Å². The van der Waals surface area contributed by atoms with Crippen LogP contribution in [0.25, 0.3) is 0 Å². The molecule has 0 amide bonds. The first-order valence-electron chi connectivity index (χ1n) is 13.6. The van der Waals surface area contributed by atoms with E-state index in [0.717, 1.165) is 78.5 Å². The summed E-state index contributed by atoms with van der Waals surface area (Å²) in [6.45, 7) is 6.14. The summed E-state index contributed by atoms with van der Waals surface area (Å²) in [5.74, 6) is 13.3. The minimum atomic E-state index is -0.0414. The molecule has 0 saturated carbocycles. The minimum absolute atomic E-state index is 0.0414. The molecule has 2 nitrogen and oxygen atoms in total. The first kappa shape index (κ1) is 34.3. The van der Waals surface area contributed by atoms with Gasteiger partial charge in [0.1, 0.15) is 11.5 Å². The van der Waals surface area contributed by atoms with E-state index in [1.807, 2.05) is 47.0 Å². The molecule has 0 radical (unpaired) electrons. The van der Waals surface area contributed by atoms with Gasteiger partial charge in [-0.25, -0.2) is 0 Å². The van der Waals surface area contributed by atoms with Crippen molar-refractivity contribution in [1.29, 1.82) is 0 Å². The lowest BCUT2D eigenvalue weighted by Crippen LogP contribution is -2.22. The molecule has 0 aromatic heterocycles. The van der Waals surface area contributed by atoms with E-state index in [1.54, 1.807) is 0 Å². The lowest BCUT2D eigenvalue weighted by molar-refractivity contribution is 0.318. The summed E-state index contributed by atoms with van der Waals surface area (Å²) in [5, 5.41) is 0. The second-order valence-electron chi connectivity index (χ2n) is 9.04. The normalized spacial score (nSPS) is 11.6. The van der Waals surface area contributed by atoms with Crippen molar-refractivity contribution < 1.29 is 9.47 Å². The SMILES string of the molecule is CCC(C)(c1ccc(OCCCSCCSCCS)cc1)c1ccc(OCCCSCCSCCS)cc1. The number of rotatable bonds is 23. The smallest absolute Gasteiger partial charge is 0.119 e. The molecule has 2 rings (SSSR count). The van der Waals surface area contributed by atoms with E-state index in [1.165, 1.54) is 34.1 Å². The van der Waals surface area contributed by atoms with Crippen LogP contribution < -0.4 is 9.47 Å². The van der Waals surface area contributed by atoms with E-state index < -0.39 is 0 Å². The van der Waals surface area contributed by atoms with Gasteiger partial charge in [-0.15, -0.1) is 0 Å². The fourth-order valence-corrected chi connectivity index (χ4v) is 8.27. The van der Waals surface area contributed by atoms with E-state index in [9.17, 15) is 0 Å². The molecule has 38 heavy (non-hydrogen) atoms. The van der Waals surface area contributed by atoms with Gasteiger partial charge in [0, 0.05) is 39.9 Å². The quantitative estimate of drug-likeness (QED) is 0.0938. The molecule has 2 aromatic rings. The Balaban J connectivity index is 1.72. The van der Waals surface area contributed by atoms with Crippen molar-refractivity contribution in [3.63, 3.8) is 0 Å². The van der Waals surface area contributed by atoms with Gasteiger partial charge >= 0.3 is 0 Å². The van der Waals surface area contributed by atoms with E-state index in [2.05, 4.69) is 87.6 Å². The van der Waals surface area contributed by atoms with Crippen LogP contribution in [0.4, 0.5) is 0 Å². The van der Waals surface area contributed by atoms with Gasteiger partial charge in [-0.3, -0.25) is 0 Å². The van der Waals surface area contributed by atoms with Gasteiger partial charge in [-0.05, 0) is 77.7 Å². The zero-order valence-corrected chi connectivity index (χ0v) is 28.1. The van der Waals surface area contributed by atoms with Crippen LogP contribution in [0.15, 0.2) is 48.5 Å². The van der Waals surface area contributed by atoms with Crippen LogP contribution in [0.2, 0.25) is 0 Å². The lowest BCUT2D eigenvalue weighted by Gasteiger charge is -2.30. The lowest BCUT2D eigenvalue weighted by atomic mass is 9.74. The Morgan fingerprint density at radius 2 is 0.947 bits per heavy atom. The molecule has 8 heteroatoms. The summed E-state index contributed by atoms with van der Waals surface area (Å²) in [6.07, 6.45) is 3.19. The Morgan fingerprint density at radius 3 is 1.29 bits per heavy atom. The molecular weight excluding hydrogens is 585 g/mol. The monoisotopic (exact) mass is 630 g/mol. The third kappa shape index (κ3) is 13.7. The molecule has 0 saturated heterocycles. The Labute approximate surface area is 260 Å². The number of hydrogen-bond acceptors (Lipinski definition) is 8. The van der Waals surface area contributed by atoms with Gasteiger partial charge in [-0.2, -0.15) is 72.3 Å². The predicted molar refractivity (Wildman–Crippen MR) is 187 cm³/mol. The van der Waals surface area contributed by atoms with Crippen molar-refractivity contribution >= 4 is 72.3 Å². The number of benzene rings is 2. The average molecular weight is 631 g/mol. The molecule has 0 fully saturated rings. The van der Waals surface area contributed by atoms with Gasteiger partial charge in [0.2, 0.25) is 0 Å². The van der Waals surface area contributed by atoms with E-state index >= 15 is 0 Å². The van der Waals surface area contributed by atoms with Crippen molar-refractivity contribution in [3.8, 4) is 11.5 Å². The Morgan fingerprint density at radius 1 is 0.579 bits per heavy atom. The molecule has 0 aliphatic carbocycles. The van der Waals surface area contributed by atoms with Gasteiger partial charge in [0.25, 0.3) is 0 Å². The molecule has 0 atom stereocenters. The molecule has 0 spiro atoms. The highest BCUT2D eigenvalue weighted by Gasteiger charge is 2.27. The predicted octanol–water partition coefficient (Wildman–Crippen LogP) is 8.73. The highest BCUT2D eigenvalue weighted by molar-refractivity contribution is 8.03. The maximum atomic E-state index is 6.01. The first-order chi connectivity index (χ1) is 18.6. The van der Waals surface area contributed by atoms with Gasteiger partial charge < -0.3 is 9.47 Å². The maximum Gasteiger partial charge on any atom is 0.119 e. The summed E-state index contributed by atoms with van der Waals surface area (Å²) >= 11 is 16.5. The fourth-order valence-electron chi connectivity index (χ4n) is 3.89. The first-order valence-corrected chi connectivity index (χ1v) is 19.5. The van der Waals surface area contributed by atoms with E-state index in [-0.39, 0.29) is 5.41 Å². The molecular formula is C30H46O2S6. The Hall–Kier alpha value is 0.140. The molecule has 2 aromatic carbocycles. The van der Waals surface area contributed by atoms with Crippen LogP contribution in [0.3, 0.4) is 0 Å². The standard InChI is InChI=1S/C30H46O2S6/c1-3-30(2,26-6-10-28(11-7-26)31-14-4-18-35-22-24-37-20-16-33)27-8-12-29(13-9-27)32-15-5-19-36-23-25-38-21-17-34/h6-13,33-34H,3-5,14-25H2,1-2H3. The molecule has 214 valence electrons. The van der Waals surface area contributed by atoms with Crippen LogP contribution in [-0.4, -0.2) is 70.7 Å². The summed E-state index contributed by atoms with van der Waals surface area (Å²) in [4.78, 5) is 0. The molecule has 0 heterocycles. The van der Waals surface area contributed by atoms with Crippen molar-refractivity contribution in [3.05, 3.63) is 59.7 Å². The topological polar surface area (TPSA) is 18.5 Å². The Kier molecular flexibility index (Phi) is 19.7. The zero-order chi connectivity index (χ0) is 27.3. The zero-order valence-electron chi connectivity index (χ0n) is 23.1. The third-order valence-corrected chi connectivity index (χ3v) is 12.0. The molecule has 0 bridgehead atoms. The number of ether oxygens (including phenoxy) is 2. The minimum Gasteiger partial charge on any atom is -0.494 e.